The maximum atomic E-state index is 12.8. The summed E-state index contributed by atoms with van der Waals surface area (Å²) >= 11 is 1.52. The van der Waals surface area contributed by atoms with E-state index in [0.29, 0.717) is 25.2 Å². The lowest BCUT2D eigenvalue weighted by atomic mass is 10.1. The molecule has 0 radical (unpaired) electrons. The van der Waals surface area contributed by atoms with E-state index >= 15 is 0 Å². The Balaban J connectivity index is 2.26. The standard InChI is InChI=1S/C17H22N2O3S/c1-12-16(18-13(2)23-12)17(21)19(9-6-10-20)11-14-7-4-5-8-15(14)22-3/h4-5,7-8,20H,6,9-11H2,1-3H3. The summed E-state index contributed by atoms with van der Waals surface area (Å²) in [6.07, 6.45) is 0.531. The van der Waals surface area contributed by atoms with E-state index in [0.717, 1.165) is 21.2 Å². The van der Waals surface area contributed by atoms with Gasteiger partial charge in [-0.3, -0.25) is 4.79 Å². The molecule has 1 N–H and O–H groups in total. The van der Waals surface area contributed by atoms with Crippen molar-refractivity contribution in [1.82, 2.24) is 9.88 Å². The molecule has 23 heavy (non-hydrogen) atoms. The van der Waals surface area contributed by atoms with Gasteiger partial charge in [0.1, 0.15) is 11.4 Å². The zero-order chi connectivity index (χ0) is 16.8. The maximum Gasteiger partial charge on any atom is 0.273 e. The van der Waals surface area contributed by atoms with E-state index in [-0.39, 0.29) is 12.5 Å². The molecule has 1 heterocycles. The molecule has 1 amide bonds. The Bertz CT molecular complexity index is 670. The molecule has 0 aliphatic rings. The molecule has 1 aromatic heterocycles. The summed E-state index contributed by atoms with van der Waals surface area (Å²) in [5, 5.41) is 10.00. The zero-order valence-corrected chi connectivity index (χ0v) is 14.5. The first kappa shape index (κ1) is 17.4. The van der Waals surface area contributed by atoms with Gasteiger partial charge in [-0.15, -0.1) is 11.3 Å². The van der Waals surface area contributed by atoms with Gasteiger partial charge >= 0.3 is 0 Å². The number of amides is 1. The third kappa shape index (κ3) is 4.30. The summed E-state index contributed by atoms with van der Waals surface area (Å²) in [6.45, 7) is 4.75. The number of methoxy groups -OCH3 is 1. The molecule has 0 saturated heterocycles. The van der Waals surface area contributed by atoms with Gasteiger partial charge in [-0.05, 0) is 26.3 Å². The van der Waals surface area contributed by atoms with Gasteiger partial charge in [0.25, 0.3) is 5.91 Å². The topological polar surface area (TPSA) is 62.7 Å². The van der Waals surface area contributed by atoms with Crippen molar-refractivity contribution in [2.24, 2.45) is 0 Å². The molecule has 0 aliphatic heterocycles. The molecule has 0 fully saturated rings. The zero-order valence-electron chi connectivity index (χ0n) is 13.7. The second-order valence-corrected chi connectivity index (χ2v) is 6.66. The highest BCUT2D eigenvalue weighted by molar-refractivity contribution is 7.11. The fourth-order valence-electron chi connectivity index (χ4n) is 2.43. The molecular weight excluding hydrogens is 312 g/mol. The molecule has 0 bridgehead atoms. The van der Waals surface area contributed by atoms with E-state index in [1.54, 1.807) is 12.0 Å². The molecule has 124 valence electrons. The Morgan fingerprint density at radius 3 is 2.70 bits per heavy atom. The monoisotopic (exact) mass is 334 g/mol. The van der Waals surface area contributed by atoms with Gasteiger partial charge in [0.15, 0.2) is 0 Å². The number of aliphatic hydroxyl groups excluding tert-OH is 1. The van der Waals surface area contributed by atoms with Gasteiger partial charge in [-0.2, -0.15) is 0 Å². The number of benzene rings is 1. The molecule has 6 heteroatoms. The average Bonchev–Trinajstić information content (AvgIpc) is 2.89. The second-order valence-electron chi connectivity index (χ2n) is 5.25. The summed E-state index contributed by atoms with van der Waals surface area (Å²) in [5.74, 6) is 0.645. The number of aliphatic hydroxyl groups is 1. The fourth-order valence-corrected chi connectivity index (χ4v) is 3.24. The van der Waals surface area contributed by atoms with E-state index in [1.807, 2.05) is 38.1 Å². The third-order valence-corrected chi connectivity index (χ3v) is 4.42. The lowest BCUT2D eigenvalue weighted by Crippen LogP contribution is -2.32. The van der Waals surface area contributed by atoms with Crippen molar-refractivity contribution >= 4 is 17.2 Å². The van der Waals surface area contributed by atoms with Crippen LogP contribution in [0.25, 0.3) is 0 Å². The second kappa shape index (κ2) is 8.08. The number of thiazole rings is 1. The number of hydrogen-bond donors (Lipinski definition) is 1. The Hall–Kier alpha value is -1.92. The maximum absolute atomic E-state index is 12.8. The van der Waals surface area contributed by atoms with Crippen LogP contribution in [0.15, 0.2) is 24.3 Å². The lowest BCUT2D eigenvalue weighted by Gasteiger charge is -2.23. The van der Waals surface area contributed by atoms with Gasteiger partial charge < -0.3 is 14.7 Å². The highest BCUT2D eigenvalue weighted by Gasteiger charge is 2.22. The third-order valence-electron chi connectivity index (χ3n) is 3.53. The number of nitrogens with zero attached hydrogens (tertiary/aromatic N) is 2. The van der Waals surface area contributed by atoms with Crippen LogP contribution in [0.2, 0.25) is 0 Å². The number of ether oxygens (including phenoxy) is 1. The molecule has 5 nitrogen and oxygen atoms in total. The first-order valence-corrected chi connectivity index (χ1v) is 8.34. The summed E-state index contributed by atoms with van der Waals surface area (Å²) in [6, 6.07) is 7.64. The Morgan fingerprint density at radius 1 is 1.35 bits per heavy atom. The van der Waals surface area contributed by atoms with E-state index in [1.165, 1.54) is 11.3 Å². The number of carbonyl (C=O) groups is 1. The molecule has 0 spiro atoms. The van der Waals surface area contributed by atoms with Crippen molar-refractivity contribution in [2.75, 3.05) is 20.3 Å². The van der Waals surface area contributed by atoms with Crippen molar-refractivity contribution in [1.29, 1.82) is 0 Å². The fraction of sp³-hybridized carbons (Fsp3) is 0.412. The molecule has 2 aromatic rings. The molecule has 0 aliphatic carbocycles. The van der Waals surface area contributed by atoms with Crippen LogP contribution >= 0.6 is 11.3 Å². The number of aryl methyl sites for hydroxylation is 2. The first-order chi connectivity index (χ1) is 11.1. The smallest absolute Gasteiger partial charge is 0.273 e. The highest BCUT2D eigenvalue weighted by atomic mass is 32.1. The van der Waals surface area contributed by atoms with Gasteiger partial charge in [0.05, 0.1) is 12.1 Å². The number of hydrogen-bond acceptors (Lipinski definition) is 5. The molecular formula is C17H22N2O3S. The van der Waals surface area contributed by atoms with E-state index in [2.05, 4.69) is 4.98 Å². The van der Waals surface area contributed by atoms with Crippen LogP contribution < -0.4 is 4.74 Å². The van der Waals surface area contributed by atoms with Crippen LogP contribution in [0, 0.1) is 13.8 Å². The molecule has 0 saturated carbocycles. The molecule has 0 unspecified atom stereocenters. The van der Waals surface area contributed by atoms with Crippen molar-refractivity contribution in [3.05, 3.63) is 45.4 Å². The van der Waals surface area contributed by atoms with Crippen molar-refractivity contribution in [3.8, 4) is 5.75 Å². The Labute approximate surface area is 140 Å². The van der Waals surface area contributed by atoms with Gasteiger partial charge in [-0.25, -0.2) is 4.98 Å². The van der Waals surface area contributed by atoms with Crippen LogP contribution in [-0.4, -0.2) is 41.2 Å². The van der Waals surface area contributed by atoms with E-state index in [4.69, 9.17) is 9.84 Å². The highest BCUT2D eigenvalue weighted by Crippen LogP contribution is 2.22. The van der Waals surface area contributed by atoms with Gasteiger partial charge in [0.2, 0.25) is 0 Å². The first-order valence-electron chi connectivity index (χ1n) is 7.53. The van der Waals surface area contributed by atoms with Crippen molar-refractivity contribution < 1.29 is 14.6 Å². The summed E-state index contributed by atoms with van der Waals surface area (Å²) in [7, 11) is 1.62. The summed E-state index contributed by atoms with van der Waals surface area (Å²) in [5.41, 5.74) is 1.44. The number of aromatic nitrogens is 1. The molecule has 2 rings (SSSR count). The average molecular weight is 334 g/mol. The number of para-hydroxylation sites is 1. The predicted molar refractivity (Wildman–Crippen MR) is 91.0 cm³/mol. The Morgan fingerprint density at radius 2 is 2.09 bits per heavy atom. The Kier molecular flexibility index (Phi) is 6.12. The molecule has 0 atom stereocenters. The van der Waals surface area contributed by atoms with Crippen LogP contribution in [-0.2, 0) is 6.54 Å². The quantitative estimate of drug-likeness (QED) is 0.846. The minimum absolute atomic E-state index is 0.0464. The summed E-state index contributed by atoms with van der Waals surface area (Å²) < 4.78 is 5.36. The lowest BCUT2D eigenvalue weighted by molar-refractivity contribution is 0.0725. The van der Waals surface area contributed by atoms with E-state index < -0.39 is 0 Å². The van der Waals surface area contributed by atoms with Gasteiger partial charge in [0, 0.05) is 30.1 Å². The van der Waals surface area contributed by atoms with Crippen molar-refractivity contribution in [2.45, 2.75) is 26.8 Å². The van der Waals surface area contributed by atoms with Crippen molar-refractivity contribution in [3.63, 3.8) is 0 Å². The van der Waals surface area contributed by atoms with Crippen LogP contribution in [0.4, 0.5) is 0 Å². The minimum Gasteiger partial charge on any atom is -0.496 e. The number of carbonyl (C=O) groups excluding carboxylic acids is 1. The number of rotatable bonds is 7. The van der Waals surface area contributed by atoms with Crippen LogP contribution in [0.3, 0.4) is 0 Å². The van der Waals surface area contributed by atoms with Crippen LogP contribution in [0.5, 0.6) is 5.75 Å². The largest absolute Gasteiger partial charge is 0.496 e. The minimum atomic E-state index is -0.105. The summed E-state index contributed by atoms with van der Waals surface area (Å²) in [4.78, 5) is 19.8. The van der Waals surface area contributed by atoms with E-state index in [9.17, 15) is 4.79 Å². The molecule has 1 aromatic carbocycles. The normalized spacial score (nSPS) is 10.6. The predicted octanol–water partition coefficient (Wildman–Crippen LogP) is 2.79. The van der Waals surface area contributed by atoms with Crippen LogP contribution in [0.1, 0.15) is 32.4 Å². The SMILES string of the molecule is COc1ccccc1CN(CCCO)C(=O)c1nc(C)sc1C. The van der Waals surface area contributed by atoms with Gasteiger partial charge in [-0.1, -0.05) is 18.2 Å².